The second-order valence-electron chi connectivity index (χ2n) is 5.14. The van der Waals surface area contributed by atoms with Crippen LogP contribution in [0, 0.1) is 0 Å². The molecule has 6 nitrogen and oxygen atoms in total. The summed E-state index contributed by atoms with van der Waals surface area (Å²) in [4.78, 5) is 36.2. The van der Waals surface area contributed by atoms with E-state index in [4.69, 9.17) is 0 Å². The van der Waals surface area contributed by atoms with E-state index in [9.17, 15) is 14.4 Å². The Morgan fingerprint density at radius 3 is 2.64 bits per heavy atom. The highest BCUT2D eigenvalue weighted by atomic mass is 16.2. The molecule has 2 rings (SSSR count). The molecule has 0 aromatic heterocycles. The van der Waals surface area contributed by atoms with Gasteiger partial charge in [0.15, 0.2) is 0 Å². The van der Waals surface area contributed by atoms with Gasteiger partial charge in [-0.15, -0.1) is 0 Å². The quantitative estimate of drug-likeness (QED) is 0.818. The number of hydrogen-bond donors (Lipinski definition) is 2. The summed E-state index contributed by atoms with van der Waals surface area (Å²) in [7, 11) is 0. The summed E-state index contributed by atoms with van der Waals surface area (Å²) in [6.07, 6.45) is 3.15. The first-order valence-corrected chi connectivity index (χ1v) is 7.11. The maximum atomic E-state index is 12.1. The molecule has 0 saturated carbocycles. The van der Waals surface area contributed by atoms with Crippen molar-refractivity contribution >= 4 is 29.5 Å². The molecule has 2 N–H and O–H groups in total. The van der Waals surface area contributed by atoms with Gasteiger partial charge in [-0.2, -0.15) is 0 Å². The lowest BCUT2D eigenvalue weighted by Crippen LogP contribution is -2.55. The normalized spacial score (nSPS) is 18.2. The van der Waals surface area contributed by atoms with E-state index in [1.165, 1.54) is 13.0 Å². The van der Waals surface area contributed by atoms with Gasteiger partial charge in [-0.05, 0) is 30.7 Å². The van der Waals surface area contributed by atoms with Crippen molar-refractivity contribution < 1.29 is 14.4 Å². The number of amides is 3. The monoisotopic (exact) mass is 301 g/mol. The number of nitrogens with one attached hydrogen (secondary N) is 2. The van der Waals surface area contributed by atoms with Crippen LogP contribution in [-0.4, -0.2) is 41.8 Å². The zero-order valence-electron chi connectivity index (χ0n) is 12.6. The van der Waals surface area contributed by atoms with Gasteiger partial charge in [0.05, 0.1) is 0 Å². The molecule has 1 aliphatic heterocycles. The van der Waals surface area contributed by atoms with Crippen LogP contribution in [0.1, 0.15) is 19.4 Å². The molecule has 1 saturated heterocycles. The summed E-state index contributed by atoms with van der Waals surface area (Å²) in [5, 5.41) is 5.40. The maximum absolute atomic E-state index is 12.1. The molecular weight excluding hydrogens is 282 g/mol. The van der Waals surface area contributed by atoms with Gasteiger partial charge in [0, 0.05) is 31.8 Å². The van der Waals surface area contributed by atoms with Crippen LogP contribution < -0.4 is 10.6 Å². The highest BCUT2D eigenvalue weighted by Gasteiger charge is 2.27. The Morgan fingerprint density at radius 1 is 1.32 bits per heavy atom. The zero-order valence-corrected chi connectivity index (χ0v) is 12.6. The highest BCUT2D eigenvalue weighted by molar-refractivity contribution is 5.96. The summed E-state index contributed by atoms with van der Waals surface area (Å²) in [6, 6.07) is 6.70. The Kier molecular flexibility index (Phi) is 4.93. The molecule has 1 fully saturated rings. The molecule has 1 unspecified atom stereocenters. The molecule has 116 valence electrons. The highest BCUT2D eigenvalue weighted by Crippen LogP contribution is 2.12. The molecule has 1 heterocycles. The molecule has 6 heteroatoms. The fourth-order valence-corrected chi connectivity index (χ4v) is 2.23. The predicted octanol–water partition coefficient (Wildman–Crippen LogP) is 1.01. The fraction of sp³-hybridized carbons (Fsp3) is 0.312. The lowest BCUT2D eigenvalue weighted by molar-refractivity contribution is -0.139. The average Bonchev–Trinajstić information content (AvgIpc) is 2.48. The van der Waals surface area contributed by atoms with Crippen molar-refractivity contribution in [2.75, 3.05) is 18.4 Å². The Morgan fingerprint density at radius 2 is 2.00 bits per heavy atom. The van der Waals surface area contributed by atoms with Gasteiger partial charge >= 0.3 is 0 Å². The van der Waals surface area contributed by atoms with E-state index in [-0.39, 0.29) is 17.7 Å². The first-order valence-electron chi connectivity index (χ1n) is 7.11. The van der Waals surface area contributed by atoms with Crippen molar-refractivity contribution in [2.45, 2.75) is 19.9 Å². The summed E-state index contributed by atoms with van der Waals surface area (Å²) in [6.45, 7) is 4.15. The molecule has 0 aliphatic carbocycles. The smallest absolute Gasteiger partial charge is 0.247 e. The van der Waals surface area contributed by atoms with Crippen molar-refractivity contribution in [3.63, 3.8) is 0 Å². The van der Waals surface area contributed by atoms with Crippen molar-refractivity contribution in [3.05, 3.63) is 35.9 Å². The van der Waals surface area contributed by atoms with E-state index in [0.29, 0.717) is 18.8 Å². The Balaban J connectivity index is 2.00. The summed E-state index contributed by atoms with van der Waals surface area (Å²) < 4.78 is 0. The molecule has 1 aliphatic rings. The third kappa shape index (κ3) is 3.94. The second kappa shape index (κ2) is 6.89. The molecule has 0 spiro atoms. The van der Waals surface area contributed by atoms with Gasteiger partial charge in [-0.1, -0.05) is 12.1 Å². The van der Waals surface area contributed by atoms with Crippen LogP contribution in [0.25, 0.3) is 6.08 Å². The summed E-state index contributed by atoms with van der Waals surface area (Å²) >= 11 is 0. The topological polar surface area (TPSA) is 78.5 Å². The lowest BCUT2D eigenvalue weighted by atomic mass is 10.1. The SMILES string of the molecule is CC(=O)Nc1ccc(C=CC(=O)N2CCNC(=O)C2C)cc1. The number of carbonyl (C=O) groups excluding carboxylic acids is 3. The predicted molar refractivity (Wildman–Crippen MR) is 84.0 cm³/mol. The van der Waals surface area contributed by atoms with Crippen LogP contribution in [0.4, 0.5) is 5.69 Å². The molecule has 3 amide bonds. The number of hydrogen-bond acceptors (Lipinski definition) is 3. The minimum atomic E-state index is -0.451. The van der Waals surface area contributed by atoms with Gasteiger partial charge < -0.3 is 15.5 Å². The molecule has 1 aromatic rings. The van der Waals surface area contributed by atoms with E-state index in [1.54, 1.807) is 42.2 Å². The number of carbonyl (C=O) groups is 3. The molecule has 22 heavy (non-hydrogen) atoms. The Bertz CT molecular complexity index is 608. The van der Waals surface area contributed by atoms with Gasteiger partial charge in [0.1, 0.15) is 6.04 Å². The number of anilines is 1. The van der Waals surface area contributed by atoms with Gasteiger partial charge in [0.2, 0.25) is 17.7 Å². The van der Waals surface area contributed by atoms with Crippen LogP contribution in [0.15, 0.2) is 30.3 Å². The van der Waals surface area contributed by atoms with Crippen LogP contribution in [0.2, 0.25) is 0 Å². The largest absolute Gasteiger partial charge is 0.353 e. The molecule has 0 bridgehead atoms. The molecule has 1 atom stereocenters. The van der Waals surface area contributed by atoms with Crippen molar-refractivity contribution in [1.29, 1.82) is 0 Å². The van der Waals surface area contributed by atoms with E-state index in [1.807, 2.05) is 0 Å². The fourth-order valence-electron chi connectivity index (χ4n) is 2.23. The minimum Gasteiger partial charge on any atom is -0.353 e. The maximum Gasteiger partial charge on any atom is 0.247 e. The summed E-state index contributed by atoms with van der Waals surface area (Å²) in [5.41, 5.74) is 1.55. The van der Waals surface area contributed by atoms with Crippen molar-refractivity contribution in [3.8, 4) is 0 Å². The molecule has 0 radical (unpaired) electrons. The number of nitrogens with zero attached hydrogens (tertiary/aromatic N) is 1. The summed E-state index contributed by atoms with van der Waals surface area (Å²) in [5.74, 6) is -0.447. The minimum absolute atomic E-state index is 0.129. The van der Waals surface area contributed by atoms with Gasteiger partial charge in [-0.3, -0.25) is 14.4 Å². The van der Waals surface area contributed by atoms with Crippen LogP contribution in [-0.2, 0) is 14.4 Å². The zero-order chi connectivity index (χ0) is 16.1. The average molecular weight is 301 g/mol. The Labute approximate surface area is 129 Å². The van der Waals surface area contributed by atoms with E-state index in [0.717, 1.165) is 5.56 Å². The second-order valence-corrected chi connectivity index (χ2v) is 5.14. The first-order chi connectivity index (χ1) is 10.5. The van der Waals surface area contributed by atoms with Crippen molar-refractivity contribution in [2.24, 2.45) is 0 Å². The van der Waals surface area contributed by atoms with Crippen LogP contribution in [0.3, 0.4) is 0 Å². The standard InChI is InChI=1S/C16H19N3O3/c1-11-16(22)17-9-10-19(11)15(21)8-5-13-3-6-14(7-4-13)18-12(2)20/h3-8,11H,9-10H2,1-2H3,(H,17,22)(H,18,20). The van der Waals surface area contributed by atoms with Gasteiger partial charge in [0.25, 0.3) is 0 Å². The number of rotatable bonds is 3. The van der Waals surface area contributed by atoms with Crippen molar-refractivity contribution in [1.82, 2.24) is 10.2 Å². The van der Waals surface area contributed by atoms with Gasteiger partial charge in [-0.25, -0.2) is 0 Å². The van der Waals surface area contributed by atoms with Crippen LogP contribution in [0.5, 0.6) is 0 Å². The Hall–Kier alpha value is -2.63. The van der Waals surface area contributed by atoms with E-state index >= 15 is 0 Å². The lowest BCUT2D eigenvalue weighted by Gasteiger charge is -2.31. The van der Waals surface area contributed by atoms with E-state index < -0.39 is 6.04 Å². The molecule has 1 aromatic carbocycles. The number of piperazine rings is 1. The third-order valence-corrected chi connectivity index (χ3v) is 3.43. The van der Waals surface area contributed by atoms with Crippen LogP contribution >= 0.6 is 0 Å². The third-order valence-electron chi connectivity index (χ3n) is 3.43. The van der Waals surface area contributed by atoms with E-state index in [2.05, 4.69) is 10.6 Å². The first kappa shape index (κ1) is 15.8. The number of benzene rings is 1. The molecular formula is C16H19N3O3.